The number of fused-ring (bicyclic) bond motifs is 1. The molecule has 5 nitrogen and oxygen atoms in total. The molecule has 2 aromatic rings. The fraction of sp³-hybridized carbons (Fsp3) is 0.308. The maximum absolute atomic E-state index is 12.1. The zero-order valence-corrected chi connectivity index (χ0v) is 11.6. The maximum Gasteiger partial charge on any atom is 0.248 e. The average molecular weight is 280 g/mol. The third-order valence-corrected chi connectivity index (χ3v) is 4.56. The van der Waals surface area contributed by atoms with Gasteiger partial charge in [0.2, 0.25) is 15.6 Å². The second-order valence-corrected chi connectivity index (χ2v) is 6.22. The van der Waals surface area contributed by atoms with Crippen LogP contribution < -0.4 is 10.3 Å². The lowest BCUT2D eigenvalue weighted by atomic mass is 10.2. The number of nitrogens with one attached hydrogen (secondary N) is 2. The van der Waals surface area contributed by atoms with Gasteiger partial charge < -0.3 is 4.98 Å². The molecular weight excluding hydrogens is 264 g/mol. The van der Waals surface area contributed by atoms with Crippen molar-refractivity contribution in [2.45, 2.75) is 31.2 Å². The Balaban J connectivity index is 2.46. The summed E-state index contributed by atoms with van der Waals surface area (Å²) in [4.78, 5) is 14.0. The molecule has 1 aromatic carbocycles. The second kappa shape index (κ2) is 5.14. The Hall–Kier alpha value is -1.66. The molecule has 0 unspecified atom stereocenters. The van der Waals surface area contributed by atoms with Gasteiger partial charge in [0.25, 0.3) is 0 Å². The SMILES string of the molecule is CC[C@@H](C)NS(=O)(=O)c1ccc2[nH]c(=O)ccc2c1. The summed E-state index contributed by atoms with van der Waals surface area (Å²) in [6.07, 6.45) is 0.722. The Morgan fingerprint density at radius 1 is 1.26 bits per heavy atom. The number of pyridine rings is 1. The van der Waals surface area contributed by atoms with E-state index >= 15 is 0 Å². The molecule has 0 saturated carbocycles. The highest BCUT2D eigenvalue weighted by molar-refractivity contribution is 7.89. The van der Waals surface area contributed by atoms with E-state index in [1.165, 1.54) is 12.1 Å². The van der Waals surface area contributed by atoms with Crippen LogP contribution in [0.1, 0.15) is 20.3 Å². The Morgan fingerprint density at radius 2 is 2.00 bits per heavy atom. The van der Waals surface area contributed by atoms with Gasteiger partial charge in [0, 0.05) is 17.6 Å². The molecule has 0 aliphatic rings. The molecule has 102 valence electrons. The molecule has 0 fully saturated rings. The van der Waals surface area contributed by atoms with Crippen LogP contribution in [0.2, 0.25) is 0 Å². The average Bonchev–Trinajstić information content (AvgIpc) is 2.37. The molecule has 0 aliphatic heterocycles. The van der Waals surface area contributed by atoms with E-state index in [1.54, 1.807) is 18.2 Å². The minimum atomic E-state index is -3.52. The smallest absolute Gasteiger partial charge is 0.248 e. The van der Waals surface area contributed by atoms with Crippen molar-refractivity contribution in [1.82, 2.24) is 9.71 Å². The number of H-pyrrole nitrogens is 1. The quantitative estimate of drug-likeness (QED) is 0.893. The van der Waals surface area contributed by atoms with Crippen LogP contribution in [0.4, 0.5) is 0 Å². The van der Waals surface area contributed by atoms with E-state index < -0.39 is 10.0 Å². The molecule has 19 heavy (non-hydrogen) atoms. The molecule has 0 aliphatic carbocycles. The molecular formula is C13H16N2O3S. The predicted molar refractivity (Wildman–Crippen MR) is 74.6 cm³/mol. The van der Waals surface area contributed by atoms with E-state index in [0.717, 1.165) is 6.42 Å². The highest BCUT2D eigenvalue weighted by Crippen LogP contribution is 2.16. The fourth-order valence-corrected chi connectivity index (χ4v) is 3.08. The van der Waals surface area contributed by atoms with E-state index in [-0.39, 0.29) is 16.5 Å². The number of rotatable bonds is 4. The summed E-state index contributed by atoms with van der Waals surface area (Å²) >= 11 is 0. The van der Waals surface area contributed by atoms with E-state index in [9.17, 15) is 13.2 Å². The number of sulfonamides is 1. The summed E-state index contributed by atoms with van der Waals surface area (Å²) in [6.45, 7) is 3.73. The molecule has 0 spiro atoms. The van der Waals surface area contributed by atoms with Gasteiger partial charge in [-0.3, -0.25) is 4.79 Å². The summed E-state index contributed by atoms with van der Waals surface area (Å²) in [6, 6.07) is 7.51. The van der Waals surface area contributed by atoms with Gasteiger partial charge in [0.15, 0.2) is 0 Å². The van der Waals surface area contributed by atoms with Gasteiger partial charge in [0.1, 0.15) is 0 Å². The van der Waals surface area contributed by atoms with Gasteiger partial charge in [-0.15, -0.1) is 0 Å². The molecule has 0 bridgehead atoms. The maximum atomic E-state index is 12.1. The first-order valence-corrected chi connectivity index (χ1v) is 7.56. The normalized spacial score (nSPS) is 13.6. The minimum Gasteiger partial charge on any atom is -0.322 e. The van der Waals surface area contributed by atoms with E-state index in [4.69, 9.17) is 0 Å². The topological polar surface area (TPSA) is 79.0 Å². The van der Waals surface area contributed by atoms with Gasteiger partial charge in [-0.25, -0.2) is 13.1 Å². The van der Waals surface area contributed by atoms with Crippen molar-refractivity contribution in [3.05, 3.63) is 40.7 Å². The van der Waals surface area contributed by atoms with Crippen molar-refractivity contribution >= 4 is 20.9 Å². The van der Waals surface area contributed by atoms with Crippen molar-refractivity contribution in [2.75, 3.05) is 0 Å². The summed E-state index contributed by atoms with van der Waals surface area (Å²) in [5.74, 6) is 0. The lowest BCUT2D eigenvalue weighted by Gasteiger charge is -2.12. The zero-order chi connectivity index (χ0) is 14.0. The Labute approximate surface area is 111 Å². The largest absolute Gasteiger partial charge is 0.322 e. The van der Waals surface area contributed by atoms with Gasteiger partial charge in [-0.1, -0.05) is 6.92 Å². The van der Waals surface area contributed by atoms with E-state index in [2.05, 4.69) is 9.71 Å². The number of hydrogen-bond donors (Lipinski definition) is 2. The van der Waals surface area contributed by atoms with Crippen molar-refractivity contribution in [2.24, 2.45) is 0 Å². The summed E-state index contributed by atoms with van der Waals surface area (Å²) < 4.78 is 26.9. The molecule has 2 rings (SSSR count). The van der Waals surface area contributed by atoms with E-state index in [1.807, 2.05) is 13.8 Å². The molecule has 0 amide bonds. The second-order valence-electron chi connectivity index (χ2n) is 4.50. The van der Waals surface area contributed by atoms with Crippen LogP contribution in [0.3, 0.4) is 0 Å². The van der Waals surface area contributed by atoms with Gasteiger partial charge in [0.05, 0.1) is 4.90 Å². The third-order valence-electron chi connectivity index (χ3n) is 2.97. The molecule has 1 atom stereocenters. The van der Waals surface area contributed by atoms with Crippen molar-refractivity contribution in [3.8, 4) is 0 Å². The Kier molecular flexibility index (Phi) is 3.73. The number of benzene rings is 1. The van der Waals surface area contributed by atoms with Gasteiger partial charge in [-0.2, -0.15) is 0 Å². The first kappa shape index (κ1) is 13.8. The molecule has 1 heterocycles. The number of aromatic amines is 1. The molecule has 0 radical (unpaired) electrons. The molecule has 1 aromatic heterocycles. The van der Waals surface area contributed by atoms with Crippen LogP contribution in [0, 0.1) is 0 Å². The van der Waals surface area contributed by atoms with Crippen LogP contribution in [0.5, 0.6) is 0 Å². The van der Waals surface area contributed by atoms with Crippen molar-refractivity contribution in [3.63, 3.8) is 0 Å². The highest BCUT2D eigenvalue weighted by Gasteiger charge is 2.16. The zero-order valence-electron chi connectivity index (χ0n) is 10.8. The number of aromatic nitrogens is 1. The lowest BCUT2D eigenvalue weighted by molar-refractivity contribution is 0.556. The highest BCUT2D eigenvalue weighted by atomic mass is 32.2. The Bertz CT molecular complexity index is 750. The van der Waals surface area contributed by atoms with Crippen LogP contribution >= 0.6 is 0 Å². The first-order valence-electron chi connectivity index (χ1n) is 6.08. The monoisotopic (exact) mass is 280 g/mol. The van der Waals surface area contributed by atoms with Crippen LogP contribution in [0.15, 0.2) is 40.0 Å². The third kappa shape index (κ3) is 3.02. The molecule has 6 heteroatoms. The molecule has 0 saturated heterocycles. The summed E-state index contributed by atoms with van der Waals surface area (Å²) in [5, 5.41) is 0.687. The van der Waals surface area contributed by atoms with Crippen molar-refractivity contribution < 1.29 is 8.42 Å². The summed E-state index contributed by atoms with van der Waals surface area (Å²) in [5.41, 5.74) is 0.413. The van der Waals surface area contributed by atoms with Crippen LogP contribution in [0.25, 0.3) is 10.9 Å². The van der Waals surface area contributed by atoms with Crippen molar-refractivity contribution in [1.29, 1.82) is 0 Å². The van der Waals surface area contributed by atoms with Crippen LogP contribution in [-0.2, 0) is 10.0 Å². The van der Waals surface area contributed by atoms with Crippen LogP contribution in [-0.4, -0.2) is 19.4 Å². The summed E-state index contributed by atoms with van der Waals surface area (Å²) in [7, 11) is -3.52. The predicted octanol–water partition coefficient (Wildman–Crippen LogP) is 1.60. The number of hydrogen-bond acceptors (Lipinski definition) is 3. The van der Waals surface area contributed by atoms with E-state index in [0.29, 0.717) is 10.9 Å². The molecule has 2 N–H and O–H groups in total. The first-order chi connectivity index (χ1) is 8.92. The lowest BCUT2D eigenvalue weighted by Crippen LogP contribution is -2.31. The van der Waals surface area contributed by atoms with Gasteiger partial charge in [-0.05, 0) is 43.0 Å². The fourth-order valence-electron chi connectivity index (χ4n) is 1.72. The van der Waals surface area contributed by atoms with Gasteiger partial charge >= 0.3 is 0 Å². The minimum absolute atomic E-state index is 0.115. The standard InChI is InChI=1S/C13H16N2O3S/c1-3-9(2)15-19(17,18)11-5-6-12-10(8-11)4-7-13(16)14-12/h4-9,15H,3H2,1-2H3,(H,14,16)/t9-/m1/s1. The Morgan fingerprint density at radius 3 is 2.68 bits per heavy atom.